The molecular weight excluding hydrogens is 272 g/mol. The number of anilines is 1. The summed E-state index contributed by atoms with van der Waals surface area (Å²) in [6, 6.07) is 7.67. The van der Waals surface area contributed by atoms with Gasteiger partial charge in [0.15, 0.2) is 0 Å². The number of hydrogen-bond acceptors (Lipinski definition) is 3. The highest BCUT2D eigenvalue weighted by Gasteiger charge is 2.46. The predicted molar refractivity (Wildman–Crippen MR) is 83.5 cm³/mol. The van der Waals surface area contributed by atoms with Gasteiger partial charge in [-0.3, -0.25) is 4.79 Å². The van der Waals surface area contributed by atoms with Crippen molar-refractivity contribution >= 4 is 28.8 Å². The lowest BCUT2D eigenvalue weighted by atomic mass is 9.68. The second-order valence-electron chi connectivity index (χ2n) is 5.28. The van der Waals surface area contributed by atoms with E-state index < -0.39 is 5.41 Å². The Morgan fingerprint density at radius 3 is 2.75 bits per heavy atom. The third-order valence-corrected chi connectivity index (χ3v) is 4.31. The van der Waals surface area contributed by atoms with E-state index >= 15 is 0 Å². The number of nitrogens with one attached hydrogen (secondary N) is 1. The molecule has 1 aromatic rings. The second kappa shape index (κ2) is 6.33. The first-order chi connectivity index (χ1) is 9.58. The van der Waals surface area contributed by atoms with Crippen molar-refractivity contribution in [3.8, 4) is 0 Å². The van der Waals surface area contributed by atoms with Gasteiger partial charge in [0, 0.05) is 12.3 Å². The van der Waals surface area contributed by atoms with Crippen LogP contribution in [0.4, 0.5) is 5.69 Å². The summed E-state index contributed by atoms with van der Waals surface area (Å²) in [5.41, 5.74) is 6.92. The minimum Gasteiger partial charge on any atom is -0.396 e. The Bertz CT molecular complexity index is 512. The molecule has 20 heavy (non-hydrogen) atoms. The van der Waals surface area contributed by atoms with E-state index in [1.54, 1.807) is 0 Å². The minimum absolute atomic E-state index is 0.101. The lowest BCUT2D eigenvalue weighted by Gasteiger charge is -2.39. The molecule has 1 aliphatic carbocycles. The molecule has 1 aliphatic rings. The van der Waals surface area contributed by atoms with Crippen LogP contribution in [0, 0.1) is 5.41 Å². The largest absolute Gasteiger partial charge is 0.396 e. The number of carbonyl (C=O) groups excluding carboxylic acids is 1. The number of thiocarbonyl (C=S) groups is 1. The molecule has 0 spiro atoms. The fourth-order valence-corrected chi connectivity index (χ4v) is 2.75. The third kappa shape index (κ3) is 2.99. The summed E-state index contributed by atoms with van der Waals surface area (Å²) in [7, 11) is 0. The molecule has 0 saturated heterocycles. The van der Waals surface area contributed by atoms with Crippen molar-refractivity contribution in [3.63, 3.8) is 0 Å². The molecule has 0 atom stereocenters. The molecule has 0 aliphatic heterocycles. The Labute approximate surface area is 124 Å². The molecule has 0 radical (unpaired) electrons. The maximum absolute atomic E-state index is 12.4. The van der Waals surface area contributed by atoms with Gasteiger partial charge in [0.05, 0.1) is 10.4 Å². The Kier molecular flexibility index (Phi) is 4.73. The van der Waals surface area contributed by atoms with Crippen molar-refractivity contribution in [2.24, 2.45) is 11.1 Å². The van der Waals surface area contributed by atoms with Gasteiger partial charge >= 0.3 is 0 Å². The maximum atomic E-state index is 12.4. The Hall–Kier alpha value is -1.46. The van der Waals surface area contributed by atoms with Crippen LogP contribution < -0.4 is 11.1 Å². The van der Waals surface area contributed by atoms with E-state index in [1.807, 2.05) is 24.3 Å². The summed E-state index contributed by atoms with van der Waals surface area (Å²) in [4.78, 5) is 12.7. The minimum atomic E-state index is -0.656. The standard InChI is InChI=1S/C15H20N2O2S/c16-13(20)15(7-3-8-15)14(19)17-12-6-1-4-11(10-12)5-2-9-18/h1,4,6,10,18H,2-3,5,7-9H2,(H2,16,20)(H,17,19). The summed E-state index contributed by atoms with van der Waals surface area (Å²) in [5, 5.41) is 11.8. The van der Waals surface area contributed by atoms with Gasteiger partial charge in [0.1, 0.15) is 0 Å². The summed E-state index contributed by atoms with van der Waals surface area (Å²) >= 11 is 5.05. The number of benzene rings is 1. The first-order valence-corrected chi connectivity index (χ1v) is 7.30. The van der Waals surface area contributed by atoms with E-state index in [0.717, 1.165) is 36.9 Å². The summed E-state index contributed by atoms with van der Waals surface area (Å²) in [6.45, 7) is 0.168. The van der Waals surface area contributed by atoms with Gasteiger partial charge in [0.2, 0.25) is 5.91 Å². The molecule has 1 aromatic carbocycles. The molecule has 0 heterocycles. The molecular formula is C15H20N2O2S. The highest BCUT2D eigenvalue weighted by Crippen LogP contribution is 2.42. The number of carbonyl (C=O) groups is 1. The Balaban J connectivity index is 2.06. The van der Waals surface area contributed by atoms with Gasteiger partial charge in [-0.25, -0.2) is 0 Å². The van der Waals surface area contributed by atoms with Crippen molar-refractivity contribution < 1.29 is 9.90 Å². The van der Waals surface area contributed by atoms with Gasteiger partial charge in [-0.05, 0) is 43.4 Å². The topological polar surface area (TPSA) is 75.4 Å². The van der Waals surface area contributed by atoms with Gasteiger partial charge in [-0.1, -0.05) is 30.8 Å². The molecule has 0 bridgehead atoms. The average molecular weight is 292 g/mol. The SMILES string of the molecule is NC(=S)C1(C(=O)Nc2cccc(CCCO)c2)CCC1. The molecule has 4 nitrogen and oxygen atoms in total. The van der Waals surface area contributed by atoms with Crippen molar-refractivity contribution in [1.29, 1.82) is 0 Å². The summed E-state index contributed by atoms with van der Waals surface area (Å²) in [5.74, 6) is -0.101. The quantitative estimate of drug-likeness (QED) is 0.701. The molecule has 0 aromatic heterocycles. The molecule has 4 N–H and O–H groups in total. The zero-order chi connectivity index (χ0) is 14.6. The number of amides is 1. The zero-order valence-electron chi connectivity index (χ0n) is 11.4. The van der Waals surface area contributed by atoms with Gasteiger partial charge in [0.25, 0.3) is 0 Å². The highest BCUT2D eigenvalue weighted by molar-refractivity contribution is 7.80. The lowest BCUT2D eigenvalue weighted by molar-refractivity contribution is -0.125. The highest BCUT2D eigenvalue weighted by atomic mass is 32.1. The van der Waals surface area contributed by atoms with E-state index in [4.69, 9.17) is 23.1 Å². The molecule has 0 unspecified atom stereocenters. The summed E-state index contributed by atoms with van der Waals surface area (Å²) in [6.07, 6.45) is 3.97. The van der Waals surface area contributed by atoms with E-state index in [2.05, 4.69) is 5.32 Å². The van der Waals surface area contributed by atoms with Crippen molar-refractivity contribution in [2.45, 2.75) is 32.1 Å². The van der Waals surface area contributed by atoms with Crippen LogP contribution in [0.25, 0.3) is 0 Å². The molecule has 108 valence electrons. The van der Waals surface area contributed by atoms with Crippen LogP contribution in [-0.2, 0) is 11.2 Å². The molecule has 2 rings (SSSR count). The van der Waals surface area contributed by atoms with Gasteiger partial charge in [-0.15, -0.1) is 0 Å². The molecule has 1 amide bonds. The Morgan fingerprint density at radius 2 is 2.20 bits per heavy atom. The second-order valence-corrected chi connectivity index (χ2v) is 5.72. The summed E-state index contributed by atoms with van der Waals surface area (Å²) < 4.78 is 0. The van der Waals surface area contributed by atoms with Crippen LogP contribution in [0.2, 0.25) is 0 Å². The fourth-order valence-electron chi connectivity index (χ4n) is 2.45. The third-order valence-electron chi connectivity index (χ3n) is 3.92. The van der Waals surface area contributed by atoms with Gasteiger partial charge in [-0.2, -0.15) is 0 Å². The smallest absolute Gasteiger partial charge is 0.237 e. The Morgan fingerprint density at radius 1 is 1.45 bits per heavy atom. The normalized spacial score (nSPS) is 16.2. The lowest BCUT2D eigenvalue weighted by Crippen LogP contribution is -2.50. The number of aliphatic hydroxyl groups is 1. The van der Waals surface area contributed by atoms with E-state index in [-0.39, 0.29) is 17.5 Å². The predicted octanol–water partition coefficient (Wildman–Crippen LogP) is 2.01. The monoisotopic (exact) mass is 292 g/mol. The van der Waals surface area contributed by atoms with Crippen molar-refractivity contribution in [1.82, 2.24) is 0 Å². The van der Waals surface area contributed by atoms with E-state index in [0.29, 0.717) is 6.42 Å². The number of nitrogens with two attached hydrogens (primary N) is 1. The van der Waals surface area contributed by atoms with Crippen LogP contribution in [0.5, 0.6) is 0 Å². The van der Waals surface area contributed by atoms with Crippen LogP contribution in [0.3, 0.4) is 0 Å². The number of rotatable bonds is 6. The fraction of sp³-hybridized carbons (Fsp3) is 0.467. The van der Waals surface area contributed by atoms with Crippen molar-refractivity contribution in [2.75, 3.05) is 11.9 Å². The first-order valence-electron chi connectivity index (χ1n) is 6.90. The zero-order valence-corrected chi connectivity index (χ0v) is 12.2. The van der Waals surface area contributed by atoms with E-state index in [1.165, 1.54) is 0 Å². The van der Waals surface area contributed by atoms with Crippen LogP contribution in [0.15, 0.2) is 24.3 Å². The van der Waals surface area contributed by atoms with Gasteiger partial charge < -0.3 is 16.2 Å². The van der Waals surface area contributed by atoms with Crippen molar-refractivity contribution in [3.05, 3.63) is 29.8 Å². The number of hydrogen-bond donors (Lipinski definition) is 3. The molecule has 1 saturated carbocycles. The first kappa shape index (κ1) is 14.9. The van der Waals surface area contributed by atoms with Crippen LogP contribution in [-0.4, -0.2) is 22.6 Å². The number of aliphatic hydroxyl groups excluding tert-OH is 1. The molecule has 5 heteroatoms. The molecule has 1 fully saturated rings. The average Bonchev–Trinajstić information content (AvgIpc) is 2.34. The maximum Gasteiger partial charge on any atom is 0.237 e. The number of aryl methyl sites for hydroxylation is 1. The van der Waals surface area contributed by atoms with Crippen LogP contribution in [0.1, 0.15) is 31.2 Å². The van der Waals surface area contributed by atoms with E-state index in [9.17, 15) is 4.79 Å². The van der Waals surface area contributed by atoms with Crippen LogP contribution >= 0.6 is 12.2 Å².